The molecule has 0 bridgehead atoms. The van der Waals surface area contributed by atoms with Crippen molar-refractivity contribution < 1.29 is 9.53 Å². The number of hydrogen-bond donors (Lipinski definition) is 2. The number of nitrogen functional groups attached to an aromatic ring is 1. The van der Waals surface area contributed by atoms with Crippen LogP contribution in [0.3, 0.4) is 0 Å². The Morgan fingerprint density at radius 1 is 1.22 bits per heavy atom. The van der Waals surface area contributed by atoms with Crippen molar-refractivity contribution in [1.82, 2.24) is 24.5 Å². The molecule has 0 saturated carbocycles. The van der Waals surface area contributed by atoms with E-state index in [1.54, 1.807) is 11.5 Å². The van der Waals surface area contributed by atoms with E-state index in [-0.39, 0.29) is 29.9 Å². The second-order valence-electron chi connectivity index (χ2n) is 7.33. The van der Waals surface area contributed by atoms with Gasteiger partial charge in [0, 0.05) is 18.7 Å². The molecule has 4 aromatic rings. The van der Waals surface area contributed by atoms with Crippen molar-refractivity contribution in [2.75, 3.05) is 11.1 Å². The lowest BCUT2D eigenvalue weighted by atomic mass is 10.2. The number of benzene rings is 1. The monoisotopic (exact) mass is 449 g/mol. The summed E-state index contributed by atoms with van der Waals surface area (Å²) in [6.07, 6.45) is 1.67. The van der Waals surface area contributed by atoms with Gasteiger partial charge in [-0.05, 0) is 31.0 Å². The van der Waals surface area contributed by atoms with E-state index in [4.69, 9.17) is 10.5 Å². The lowest BCUT2D eigenvalue weighted by Gasteiger charge is -2.08. The number of anilines is 3. The van der Waals surface area contributed by atoms with Gasteiger partial charge >= 0.3 is 5.97 Å². The Hall–Kier alpha value is -3.86. The molecule has 0 aliphatic carbocycles. The van der Waals surface area contributed by atoms with Crippen LogP contribution in [0.25, 0.3) is 10.2 Å². The summed E-state index contributed by atoms with van der Waals surface area (Å²) in [6, 6.07) is 9.36. The van der Waals surface area contributed by atoms with Gasteiger partial charge in [0.1, 0.15) is 15.5 Å². The summed E-state index contributed by atoms with van der Waals surface area (Å²) in [5.41, 5.74) is 7.05. The largest absolute Gasteiger partial charge is 0.453 e. The fraction of sp³-hybridized carbons (Fsp3) is 0.238. The summed E-state index contributed by atoms with van der Waals surface area (Å²) in [4.78, 5) is 43.4. The number of nitrogens with one attached hydrogen (secondary N) is 1. The minimum absolute atomic E-state index is 0.00857. The van der Waals surface area contributed by atoms with Crippen LogP contribution in [-0.4, -0.2) is 30.5 Å². The smallest absolute Gasteiger partial charge is 0.349 e. The number of nitrogens with two attached hydrogens (primary N) is 1. The van der Waals surface area contributed by atoms with Gasteiger partial charge in [-0.2, -0.15) is 15.0 Å². The van der Waals surface area contributed by atoms with Gasteiger partial charge in [0.05, 0.1) is 5.39 Å². The van der Waals surface area contributed by atoms with Crippen molar-refractivity contribution in [1.29, 1.82) is 0 Å². The van der Waals surface area contributed by atoms with Crippen LogP contribution >= 0.6 is 11.3 Å². The zero-order valence-corrected chi connectivity index (χ0v) is 18.0. The molecule has 1 aromatic carbocycles. The SMILES string of the molecule is Cc1c(C(=O)OCc2nc(N)nc(Nc3ccccc3)n2)sc2nc3n(c(=O)c12)CCC3. The molecular weight excluding hydrogens is 430 g/mol. The molecule has 1 aliphatic rings. The molecule has 32 heavy (non-hydrogen) atoms. The Morgan fingerprint density at radius 2 is 2.03 bits per heavy atom. The molecule has 1 aliphatic heterocycles. The van der Waals surface area contributed by atoms with E-state index in [2.05, 4.69) is 25.3 Å². The number of carbonyl (C=O) groups is 1. The third kappa shape index (κ3) is 3.66. The number of thiophene rings is 1. The average molecular weight is 449 g/mol. The summed E-state index contributed by atoms with van der Waals surface area (Å²) >= 11 is 1.17. The van der Waals surface area contributed by atoms with Crippen LogP contribution in [0.2, 0.25) is 0 Å². The molecule has 0 atom stereocenters. The molecule has 162 valence electrons. The van der Waals surface area contributed by atoms with Crippen molar-refractivity contribution in [3.63, 3.8) is 0 Å². The summed E-state index contributed by atoms with van der Waals surface area (Å²) in [5.74, 6) is 0.670. The normalized spacial score (nSPS) is 12.7. The van der Waals surface area contributed by atoms with Crippen LogP contribution < -0.4 is 16.6 Å². The van der Waals surface area contributed by atoms with Crippen LogP contribution in [0.1, 0.15) is 33.3 Å². The summed E-state index contributed by atoms with van der Waals surface area (Å²) in [7, 11) is 0. The molecule has 0 spiro atoms. The zero-order valence-electron chi connectivity index (χ0n) is 17.2. The van der Waals surface area contributed by atoms with E-state index < -0.39 is 5.97 Å². The first-order valence-corrected chi connectivity index (χ1v) is 10.8. The number of carbonyl (C=O) groups excluding carboxylic acids is 1. The van der Waals surface area contributed by atoms with Gasteiger partial charge in [0.15, 0.2) is 12.4 Å². The van der Waals surface area contributed by atoms with Crippen LogP contribution in [0, 0.1) is 6.92 Å². The number of fused-ring (bicyclic) bond motifs is 2. The fourth-order valence-corrected chi connectivity index (χ4v) is 4.76. The number of aromatic nitrogens is 5. The standard InChI is InChI=1S/C21H19N7O3S/c1-11-15-17(26-14-8-5-9-28(14)18(15)29)32-16(11)19(30)31-10-13-24-20(22)27-21(25-13)23-12-6-3-2-4-7-12/h2-4,6-7H,5,8-10H2,1H3,(H3,22,23,24,25,27). The highest BCUT2D eigenvalue weighted by atomic mass is 32.1. The quantitative estimate of drug-likeness (QED) is 0.440. The molecule has 0 saturated heterocycles. The van der Waals surface area contributed by atoms with E-state index in [0.29, 0.717) is 27.2 Å². The second kappa shape index (κ2) is 8.00. The van der Waals surface area contributed by atoms with E-state index in [9.17, 15) is 9.59 Å². The minimum atomic E-state index is -0.563. The number of nitrogens with zero attached hydrogens (tertiary/aromatic N) is 5. The Balaban J connectivity index is 1.36. The molecule has 3 aromatic heterocycles. The predicted molar refractivity (Wildman–Crippen MR) is 120 cm³/mol. The van der Waals surface area contributed by atoms with Crippen LogP contribution in [0.5, 0.6) is 0 Å². The topological polar surface area (TPSA) is 138 Å². The van der Waals surface area contributed by atoms with Gasteiger partial charge in [-0.3, -0.25) is 9.36 Å². The number of esters is 1. The molecule has 0 radical (unpaired) electrons. The zero-order chi connectivity index (χ0) is 22.2. The maximum absolute atomic E-state index is 12.8. The van der Waals surface area contributed by atoms with Crippen molar-refractivity contribution in [3.05, 3.63) is 62.8 Å². The van der Waals surface area contributed by atoms with Gasteiger partial charge < -0.3 is 15.8 Å². The van der Waals surface area contributed by atoms with E-state index >= 15 is 0 Å². The van der Waals surface area contributed by atoms with E-state index in [0.717, 1.165) is 24.4 Å². The van der Waals surface area contributed by atoms with Gasteiger partial charge in [0.2, 0.25) is 11.9 Å². The van der Waals surface area contributed by atoms with Crippen molar-refractivity contribution in [2.24, 2.45) is 0 Å². The van der Waals surface area contributed by atoms with Crippen LogP contribution in [0.15, 0.2) is 35.1 Å². The highest BCUT2D eigenvalue weighted by Gasteiger charge is 2.24. The van der Waals surface area contributed by atoms with Gasteiger partial charge in [-0.15, -0.1) is 11.3 Å². The van der Waals surface area contributed by atoms with Crippen LogP contribution in [-0.2, 0) is 24.3 Å². The Bertz CT molecular complexity index is 1400. The van der Waals surface area contributed by atoms with Crippen molar-refractivity contribution in [2.45, 2.75) is 32.9 Å². The second-order valence-corrected chi connectivity index (χ2v) is 8.32. The highest BCUT2D eigenvalue weighted by molar-refractivity contribution is 7.20. The van der Waals surface area contributed by atoms with Crippen molar-refractivity contribution in [3.8, 4) is 0 Å². The highest BCUT2D eigenvalue weighted by Crippen LogP contribution is 2.29. The molecule has 5 rings (SSSR count). The van der Waals surface area contributed by atoms with Gasteiger partial charge in [-0.25, -0.2) is 9.78 Å². The Morgan fingerprint density at radius 3 is 2.84 bits per heavy atom. The number of rotatable bonds is 5. The summed E-state index contributed by atoms with van der Waals surface area (Å²) < 4.78 is 7.11. The molecule has 10 nitrogen and oxygen atoms in total. The predicted octanol–water partition coefficient (Wildman–Crippen LogP) is 2.58. The number of ether oxygens (including phenoxy) is 1. The van der Waals surface area contributed by atoms with Crippen molar-refractivity contribution >= 4 is 45.1 Å². The number of hydrogen-bond acceptors (Lipinski definition) is 10. The first-order chi connectivity index (χ1) is 15.5. The molecule has 0 unspecified atom stereocenters. The lowest BCUT2D eigenvalue weighted by Crippen LogP contribution is -2.20. The molecular formula is C21H19N7O3S. The number of para-hydroxylation sites is 1. The molecule has 4 heterocycles. The maximum atomic E-state index is 12.8. The molecule has 3 N–H and O–H groups in total. The molecule has 0 amide bonds. The first kappa shape index (κ1) is 20.1. The van der Waals surface area contributed by atoms with Gasteiger partial charge in [0.25, 0.3) is 5.56 Å². The van der Waals surface area contributed by atoms with E-state index in [1.807, 2.05) is 30.3 Å². The Labute approximate surface area is 186 Å². The lowest BCUT2D eigenvalue weighted by molar-refractivity contribution is 0.0467. The minimum Gasteiger partial charge on any atom is -0.453 e. The molecule has 11 heteroatoms. The van der Waals surface area contributed by atoms with Crippen LogP contribution in [0.4, 0.5) is 17.6 Å². The van der Waals surface area contributed by atoms with E-state index in [1.165, 1.54) is 11.3 Å². The molecule has 0 fully saturated rings. The third-order valence-electron chi connectivity index (χ3n) is 5.16. The average Bonchev–Trinajstić information content (AvgIpc) is 3.37. The summed E-state index contributed by atoms with van der Waals surface area (Å²) in [6.45, 7) is 2.21. The maximum Gasteiger partial charge on any atom is 0.349 e. The third-order valence-corrected chi connectivity index (χ3v) is 6.32. The Kier molecular flexibility index (Phi) is 5.02. The van der Waals surface area contributed by atoms with Gasteiger partial charge in [-0.1, -0.05) is 18.2 Å². The first-order valence-electron chi connectivity index (χ1n) is 10.0. The number of aryl methyl sites for hydroxylation is 2. The summed E-state index contributed by atoms with van der Waals surface area (Å²) in [5, 5.41) is 3.51. The fourth-order valence-electron chi connectivity index (χ4n) is 3.67.